The molecule has 0 aliphatic carbocycles. The van der Waals surface area contributed by atoms with Crippen LogP contribution in [0.1, 0.15) is 48.8 Å². The number of carbonyl (C=O) groups excluding carboxylic acids is 2. The maximum absolute atomic E-state index is 12.2. The van der Waals surface area contributed by atoms with Gasteiger partial charge in [0.25, 0.3) is 5.91 Å². The van der Waals surface area contributed by atoms with E-state index in [1.807, 2.05) is 26.2 Å². The van der Waals surface area contributed by atoms with Gasteiger partial charge in [-0.2, -0.15) is 0 Å². The largest absolute Gasteiger partial charge is 0.351 e. The minimum atomic E-state index is -0.282. The Labute approximate surface area is 130 Å². The Kier molecular flexibility index (Phi) is 7.39. The molecule has 0 saturated carbocycles. The number of anilines is 1. The second-order valence-corrected chi connectivity index (χ2v) is 5.92. The van der Waals surface area contributed by atoms with Gasteiger partial charge in [-0.25, -0.2) is 0 Å². The van der Waals surface area contributed by atoms with Crippen molar-refractivity contribution in [1.29, 1.82) is 0 Å². The van der Waals surface area contributed by atoms with E-state index in [0.717, 1.165) is 24.9 Å². The summed E-state index contributed by atoms with van der Waals surface area (Å²) in [6, 6.07) is -0.282. The molecule has 21 heavy (non-hydrogen) atoms. The van der Waals surface area contributed by atoms with E-state index < -0.39 is 0 Å². The van der Waals surface area contributed by atoms with Gasteiger partial charge in [-0.1, -0.05) is 13.8 Å². The van der Waals surface area contributed by atoms with E-state index >= 15 is 0 Å². The van der Waals surface area contributed by atoms with Crippen molar-refractivity contribution in [1.82, 2.24) is 10.6 Å². The number of nitrogens with one attached hydrogen (secondary N) is 3. The molecule has 0 aliphatic rings. The zero-order valence-electron chi connectivity index (χ0n) is 13.2. The Morgan fingerprint density at radius 2 is 1.90 bits per heavy atom. The fourth-order valence-electron chi connectivity index (χ4n) is 1.77. The first-order chi connectivity index (χ1) is 10.0. The highest BCUT2D eigenvalue weighted by Crippen LogP contribution is 2.27. The number of aryl methyl sites for hydroxylation is 1. The molecule has 3 N–H and O–H groups in total. The van der Waals surface area contributed by atoms with Gasteiger partial charge >= 0.3 is 0 Å². The summed E-state index contributed by atoms with van der Waals surface area (Å²) in [5, 5.41) is 10.7. The minimum absolute atomic E-state index is 0.116. The summed E-state index contributed by atoms with van der Waals surface area (Å²) >= 11 is 1.36. The highest BCUT2D eigenvalue weighted by Gasteiger charge is 2.20. The minimum Gasteiger partial charge on any atom is -0.351 e. The quantitative estimate of drug-likeness (QED) is 0.691. The third-order valence-corrected chi connectivity index (χ3v) is 4.16. The van der Waals surface area contributed by atoms with Crippen LogP contribution in [0.3, 0.4) is 0 Å². The second-order valence-electron chi connectivity index (χ2n) is 5.04. The highest BCUT2D eigenvalue weighted by molar-refractivity contribution is 7.13. The molecule has 0 spiro atoms. The molecule has 0 aromatic carbocycles. The van der Waals surface area contributed by atoms with E-state index in [1.165, 1.54) is 11.3 Å². The van der Waals surface area contributed by atoms with Gasteiger partial charge in [0.2, 0.25) is 5.91 Å². The van der Waals surface area contributed by atoms with E-state index in [-0.39, 0.29) is 17.9 Å². The van der Waals surface area contributed by atoms with Crippen LogP contribution in [0, 0.1) is 6.92 Å². The first kappa shape index (κ1) is 17.7. The standard InChI is InChI=1S/C15H25N3O2S/c1-5-7-16-11(4)14(19)18-12-10(3)9-21-13(12)15(20)17-8-6-2/h9,11,16H,5-8H2,1-4H3,(H,17,20)(H,18,19). The molecule has 1 heterocycles. The molecule has 5 nitrogen and oxygen atoms in total. The van der Waals surface area contributed by atoms with Crippen molar-refractivity contribution in [3.8, 4) is 0 Å². The third kappa shape index (κ3) is 5.13. The first-order valence-electron chi connectivity index (χ1n) is 7.41. The predicted molar refractivity (Wildman–Crippen MR) is 88.1 cm³/mol. The van der Waals surface area contributed by atoms with E-state index in [0.29, 0.717) is 17.1 Å². The second kappa shape index (κ2) is 8.79. The Morgan fingerprint density at radius 3 is 2.52 bits per heavy atom. The van der Waals surface area contributed by atoms with Crippen molar-refractivity contribution < 1.29 is 9.59 Å². The SMILES string of the molecule is CCCNC(=O)c1scc(C)c1NC(=O)C(C)NCCC. The Morgan fingerprint density at radius 1 is 1.24 bits per heavy atom. The summed E-state index contributed by atoms with van der Waals surface area (Å²) in [7, 11) is 0. The average molecular weight is 311 g/mol. The van der Waals surface area contributed by atoms with Gasteiger partial charge in [0.05, 0.1) is 11.7 Å². The highest BCUT2D eigenvalue weighted by atomic mass is 32.1. The smallest absolute Gasteiger partial charge is 0.263 e. The molecule has 1 unspecified atom stereocenters. The van der Waals surface area contributed by atoms with Crippen LogP contribution in [0.4, 0.5) is 5.69 Å². The van der Waals surface area contributed by atoms with Crippen LogP contribution < -0.4 is 16.0 Å². The van der Waals surface area contributed by atoms with E-state index in [9.17, 15) is 9.59 Å². The van der Waals surface area contributed by atoms with Gasteiger partial charge in [0, 0.05) is 6.54 Å². The van der Waals surface area contributed by atoms with Crippen LogP contribution in [-0.2, 0) is 4.79 Å². The first-order valence-corrected chi connectivity index (χ1v) is 8.29. The summed E-state index contributed by atoms with van der Waals surface area (Å²) in [6.45, 7) is 9.20. The Bertz CT molecular complexity index is 485. The lowest BCUT2D eigenvalue weighted by Gasteiger charge is -2.14. The van der Waals surface area contributed by atoms with Crippen LogP contribution in [0.15, 0.2) is 5.38 Å². The van der Waals surface area contributed by atoms with Gasteiger partial charge in [-0.3, -0.25) is 9.59 Å². The lowest BCUT2D eigenvalue weighted by molar-refractivity contribution is -0.117. The van der Waals surface area contributed by atoms with Crippen LogP contribution in [0.25, 0.3) is 0 Å². The third-order valence-electron chi connectivity index (χ3n) is 3.06. The average Bonchev–Trinajstić information content (AvgIpc) is 2.83. The summed E-state index contributed by atoms with van der Waals surface area (Å²) < 4.78 is 0. The Hall–Kier alpha value is -1.40. The topological polar surface area (TPSA) is 70.2 Å². The molecular weight excluding hydrogens is 286 g/mol. The number of carbonyl (C=O) groups is 2. The van der Waals surface area contributed by atoms with Gasteiger partial charge in [-0.05, 0) is 44.2 Å². The molecule has 2 amide bonds. The molecule has 0 saturated heterocycles. The molecule has 0 bridgehead atoms. The summed E-state index contributed by atoms with van der Waals surface area (Å²) in [6.07, 6.45) is 1.86. The summed E-state index contributed by atoms with van der Waals surface area (Å²) in [4.78, 5) is 24.8. The van der Waals surface area contributed by atoms with Crippen molar-refractivity contribution in [2.45, 2.75) is 46.6 Å². The predicted octanol–water partition coefficient (Wildman–Crippen LogP) is 2.52. The van der Waals surface area contributed by atoms with Crippen LogP contribution >= 0.6 is 11.3 Å². The Balaban J connectivity index is 2.76. The maximum atomic E-state index is 12.2. The van der Waals surface area contributed by atoms with Crippen molar-refractivity contribution in [3.05, 3.63) is 15.8 Å². The lowest BCUT2D eigenvalue weighted by atomic mass is 10.2. The van der Waals surface area contributed by atoms with Gasteiger partial charge in [-0.15, -0.1) is 11.3 Å². The number of amides is 2. The zero-order valence-corrected chi connectivity index (χ0v) is 14.0. The van der Waals surface area contributed by atoms with E-state index in [1.54, 1.807) is 0 Å². The van der Waals surface area contributed by atoms with Gasteiger partial charge in [0.15, 0.2) is 0 Å². The fourth-order valence-corrected chi connectivity index (χ4v) is 2.69. The molecule has 0 fully saturated rings. The molecule has 6 heteroatoms. The number of thiophene rings is 1. The molecular formula is C15H25N3O2S. The molecule has 1 rings (SSSR count). The van der Waals surface area contributed by atoms with Crippen molar-refractivity contribution in [3.63, 3.8) is 0 Å². The molecule has 0 aliphatic heterocycles. The van der Waals surface area contributed by atoms with Crippen LogP contribution in [0.5, 0.6) is 0 Å². The van der Waals surface area contributed by atoms with E-state index in [2.05, 4.69) is 22.9 Å². The van der Waals surface area contributed by atoms with Crippen LogP contribution in [-0.4, -0.2) is 30.9 Å². The molecule has 118 valence electrons. The lowest BCUT2D eigenvalue weighted by Crippen LogP contribution is -2.38. The van der Waals surface area contributed by atoms with Crippen molar-refractivity contribution in [2.24, 2.45) is 0 Å². The van der Waals surface area contributed by atoms with E-state index in [4.69, 9.17) is 0 Å². The summed E-state index contributed by atoms with van der Waals surface area (Å²) in [5.41, 5.74) is 1.54. The maximum Gasteiger partial charge on any atom is 0.263 e. The normalized spacial score (nSPS) is 12.0. The molecule has 1 atom stereocenters. The van der Waals surface area contributed by atoms with Crippen LogP contribution in [0.2, 0.25) is 0 Å². The fraction of sp³-hybridized carbons (Fsp3) is 0.600. The molecule has 0 radical (unpaired) electrons. The zero-order chi connectivity index (χ0) is 15.8. The molecule has 1 aromatic heterocycles. The van der Waals surface area contributed by atoms with Gasteiger partial charge in [0.1, 0.15) is 4.88 Å². The number of rotatable bonds is 8. The monoisotopic (exact) mass is 311 g/mol. The van der Waals surface area contributed by atoms with Crippen molar-refractivity contribution in [2.75, 3.05) is 18.4 Å². The van der Waals surface area contributed by atoms with Crippen molar-refractivity contribution >= 4 is 28.8 Å². The number of hydrogen-bond donors (Lipinski definition) is 3. The van der Waals surface area contributed by atoms with Gasteiger partial charge < -0.3 is 16.0 Å². The molecule has 1 aromatic rings. The number of hydrogen-bond acceptors (Lipinski definition) is 4. The summed E-state index contributed by atoms with van der Waals surface area (Å²) in [5.74, 6) is -0.242.